The maximum atomic E-state index is 10.3. The van der Waals surface area contributed by atoms with Crippen LogP contribution in [0.4, 0.5) is 0 Å². The van der Waals surface area contributed by atoms with Gasteiger partial charge >= 0.3 is 0 Å². The van der Waals surface area contributed by atoms with Crippen molar-refractivity contribution in [2.45, 2.75) is 19.7 Å². The first kappa shape index (κ1) is 18.1. The van der Waals surface area contributed by atoms with Gasteiger partial charge in [-0.1, -0.05) is 72.8 Å². The lowest BCUT2D eigenvalue weighted by atomic mass is 9.88. The highest BCUT2D eigenvalue weighted by Gasteiger charge is 2.21. The number of benzene rings is 3. The number of allylic oxidation sites excluding steroid dienone is 2. The molecule has 0 amide bonds. The minimum atomic E-state index is -1.02. The zero-order valence-corrected chi connectivity index (χ0v) is 15.8. The van der Waals surface area contributed by atoms with E-state index in [0.717, 1.165) is 11.1 Å². The molecule has 1 aliphatic rings. The average Bonchev–Trinajstić information content (AvgIpc) is 2.74. The smallest absolute Gasteiger partial charge is 0.185 e. The molecular weight excluding hydrogens is 346 g/mol. The van der Waals surface area contributed by atoms with E-state index in [1.54, 1.807) is 17.2 Å². The van der Waals surface area contributed by atoms with Crippen LogP contribution >= 0.6 is 0 Å². The summed E-state index contributed by atoms with van der Waals surface area (Å²) in [5.41, 5.74) is 7.00. The first-order valence-electron chi connectivity index (χ1n) is 9.39. The molecule has 28 heavy (non-hydrogen) atoms. The molecule has 1 unspecified atom stereocenters. The van der Waals surface area contributed by atoms with Crippen LogP contribution in [0.2, 0.25) is 0 Å². The third-order valence-electron chi connectivity index (χ3n) is 5.20. The minimum Gasteiger partial charge on any atom is -0.508 e. The Hall–Kier alpha value is -3.30. The summed E-state index contributed by atoms with van der Waals surface area (Å²) in [6.07, 6.45) is 4.05. The van der Waals surface area contributed by atoms with Crippen LogP contribution in [-0.4, -0.2) is 21.3 Å². The quantitative estimate of drug-likeness (QED) is 0.645. The van der Waals surface area contributed by atoms with E-state index in [1.165, 1.54) is 28.3 Å². The van der Waals surface area contributed by atoms with Crippen molar-refractivity contribution in [2.75, 3.05) is 0 Å². The van der Waals surface area contributed by atoms with E-state index in [2.05, 4.69) is 67.6 Å². The van der Waals surface area contributed by atoms with Crippen LogP contribution in [0.25, 0.3) is 22.3 Å². The number of rotatable bonds is 4. The van der Waals surface area contributed by atoms with Crippen LogP contribution in [0.1, 0.15) is 11.1 Å². The van der Waals surface area contributed by atoms with Gasteiger partial charge in [-0.05, 0) is 52.5 Å². The Bertz CT molecular complexity index is 1020. The first-order valence-corrected chi connectivity index (χ1v) is 9.39. The SMILES string of the molecule is Cc1c(CN2C=CC=C(O)C2O)ccc(-c2ccccc2)c1-c1ccccc1. The van der Waals surface area contributed by atoms with E-state index in [-0.39, 0.29) is 5.76 Å². The molecule has 0 saturated carbocycles. The highest BCUT2D eigenvalue weighted by molar-refractivity contribution is 5.86. The van der Waals surface area contributed by atoms with Gasteiger partial charge < -0.3 is 15.1 Å². The van der Waals surface area contributed by atoms with Gasteiger partial charge in [0.2, 0.25) is 0 Å². The number of aliphatic hydroxyl groups is 2. The maximum absolute atomic E-state index is 10.3. The molecule has 0 spiro atoms. The summed E-state index contributed by atoms with van der Waals surface area (Å²) in [6.45, 7) is 2.64. The summed E-state index contributed by atoms with van der Waals surface area (Å²) in [4.78, 5) is 1.73. The summed E-state index contributed by atoms with van der Waals surface area (Å²) in [6, 6.07) is 25.0. The van der Waals surface area contributed by atoms with Gasteiger partial charge in [-0.25, -0.2) is 0 Å². The number of nitrogens with zero attached hydrogens (tertiary/aromatic N) is 1. The van der Waals surface area contributed by atoms with Gasteiger partial charge in [0, 0.05) is 12.7 Å². The molecule has 140 valence electrons. The molecule has 0 fully saturated rings. The van der Waals surface area contributed by atoms with Gasteiger partial charge in [-0.15, -0.1) is 0 Å². The molecule has 3 aromatic rings. The first-order chi connectivity index (χ1) is 13.6. The number of aliphatic hydroxyl groups excluding tert-OH is 2. The van der Waals surface area contributed by atoms with E-state index in [4.69, 9.17) is 0 Å². The molecule has 3 nitrogen and oxygen atoms in total. The van der Waals surface area contributed by atoms with E-state index in [1.807, 2.05) is 12.1 Å². The second-order valence-electron chi connectivity index (χ2n) is 6.98. The third kappa shape index (κ3) is 3.45. The predicted molar refractivity (Wildman–Crippen MR) is 113 cm³/mol. The van der Waals surface area contributed by atoms with Crippen LogP contribution < -0.4 is 0 Å². The molecule has 1 atom stereocenters. The summed E-state index contributed by atoms with van der Waals surface area (Å²) >= 11 is 0. The molecule has 3 aromatic carbocycles. The van der Waals surface area contributed by atoms with Crippen molar-refractivity contribution >= 4 is 0 Å². The summed E-state index contributed by atoms with van der Waals surface area (Å²) in [5.74, 6) is -0.0376. The Morgan fingerprint density at radius 3 is 2.18 bits per heavy atom. The monoisotopic (exact) mass is 369 g/mol. The zero-order chi connectivity index (χ0) is 19.5. The Labute approximate surface area is 165 Å². The third-order valence-corrected chi connectivity index (χ3v) is 5.20. The van der Waals surface area contributed by atoms with Gasteiger partial charge in [0.05, 0.1) is 0 Å². The topological polar surface area (TPSA) is 43.7 Å². The summed E-state index contributed by atoms with van der Waals surface area (Å²) in [7, 11) is 0. The van der Waals surface area contributed by atoms with Gasteiger partial charge in [0.25, 0.3) is 0 Å². The lowest BCUT2D eigenvalue weighted by Gasteiger charge is -2.29. The van der Waals surface area contributed by atoms with Crippen molar-refractivity contribution in [1.29, 1.82) is 0 Å². The van der Waals surface area contributed by atoms with Gasteiger partial charge in [0.15, 0.2) is 6.23 Å². The van der Waals surface area contributed by atoms with Crippen LogP contribution in [0.3, 0.4) is 0 Å². The molecule has 0 aromatic heterocycles. The standard InChI is InChI=1S/C25H23NO2/c1-18-21(17-26-16-8-13-23(27)25(26)28)14-15-22(19-9-4-2-5-10-19)24(18)20-11-6-3-7-12-20/h2-16,25,27-28H,17H2,1H3. The molecule has 0 bridgehead atoms. The Morgan fingerprint density at radius 2 is 1.50 bits per heavy atom. The van der Waals surface area contributed by atoms with Gasteiger partial charge in [0.1, 0.15) is 5.76 Å². The van der Waals surface area contributed by atoms with Crippen LogP contribution in [0.5, 0.6) is 0 Å². The fourth-order valence-electron chi connectivity index (χ4n) is 3.69. The van der Waals surface area contributed by atoms with Crippen LogP contribution in [-0.2, 0) is 6.54 Å². The molecule has 4 rings (SSSR count). The van der Waals surface area contributed by atoms with Crippen molar-refractivity contribution in [3.8, 4) is 22.3 Å². The maximum Gasteiger partial charge on any atom is 0.185 e. The highest BCUT2D eigenvalue weighted by atomic mass is 16.3. The van der Waals surface area contributed by atoms with Crippen molar-refractivity contribution in [3.63, 3.8) is 0 Å². The lowest BCUT2D eigenvalue weighted by Crippen LogP contribution is -2.33. The fraction of sp³-hybridized carbons (Fsp3) is 0.120. The van der Waals surface area contributed by atoms with Gasteiger partial charge in [-0.2, -0.15) is 0 Å². The minimum absolute atomic E-state index is 0.0376. The second-order valence-corrected chi connectivity index (χ2v) is 6.98. The van der Waals surface area contributed by atoms with E-state index >= 15 is 0 Å². The Balaban J connectivity index is 1.80. The highest BCUT2D eigenvalue weighted by Crippen LogP contribution is 2.37. The van der Waals surface area contributed by atoms with Crippen LogP contribution in [0.15, 0.2) is 96.9 Å². The zero-order valence-electron chi connectivity index (χ0n) is 15.8. The molecule has 0 saturated heterocycles. The normalized spacial score (nSPS) is 16.1. The molecule has 1 heterocycles. The summed E-state index contributed by atoms with van der Waals surface area (Å²) in [5, 5.41) is 20.1. The van der Waals surface area contributed by atoms with Gasteiger partial charge in [-0.3, -0.25) is 0 Å². The van der Waals surface area contributed by atoms with Crippen molar-refractivity contribution in [3.05, 3.63) is 108 Å². The molecule has 3 heteroatoms. The van der Waals surface area contributed by atoms with Crippen molar-refractivity contribution < 1.29 is 10.2 Å². The average molecular weight is 369 g/mol. The molecule has 1 aliphatic heterocycles. The largest absolute Gasteiger partial charge is 0.508 e. The van der Waals surface area contributed by atoms with Crippen LogP contribution in [0, 0.1) is 6.92 Å². The van der Waals surface area contributed by atoms with Crippen molar-refractivity contribution in [1.82, 2.24) is 4.90 Å². The molecule has 0 aliphatic carbocycles. The van der Waals surface area contributed by atoms with E-state index in [9.17, 15) is 10.2 Å². The van der Waals surface area contributed by atoms with E-state index in [0.29, 0.717) is 6.54 Å². The Morgan fingerprint density at radius 1 is 0.857 bits per heavy atom. The van der Waals surface area contributed by atoms with E-state index < -0.39 is 6.23 Å². The number of hydrogen-bond acceptors (Lipinski definition) is 3. The second kappa shape index (κ2) is 7.75. The lowest BCUT2D eigenvalue weighted by molar-refractivity contribution is 0.0267. The fourth-order valence-corrected chi connectivity index (χ4v) is 3.69. The summed E-state index contributed by atoms with van der Waals surface area (Å²) < 4.78 is 0. The predicted octanol–water partition coefficient (Wildman–Crippen LogP) is 5.42. The van der Waals surface area contributed by atoms with Crippen molar-refractivity contribution in [2.24, 2.45) is 0 Å². The Kier molecular flexibility index (Phi) is 5.00. The number of hydrogen-bond donors (Lipinski definition) is 2. The molecular formula is C25H23NO2. The molecule has 2 N–H and O–H groups in total. The molecule has 0 radical (unpaired) electrons.